The molecule has 2 heteroatoms. The summed E-state index contributed by atoms with van der Waals surface area (Å²) in [5.41, 5.74) is 18.7. The molecule has 0 aliphatic carbocycles. The summed E-state index contributed by atoms with van der Waals surface area (Å²) in [7, 11) is 0. The minimum absolute atomic E-state index is 1.09. The van der Waals surface area contributed by atoms with Gasteiger partial charge in [0, 0.05) is 33.5 Å². The van der Waals surface area contributed by atoms with Gasteiger partial charge in [-0.15, -0.1) is 0 Å². The fourth-order valence-electron chi connectivity index (χ4n) is 8.94. The van der Waals surface area contributed by atoms with E-state index >= 15 is 0 Å². The van der Waals surface area contributed by atoms with Gasteiger partial charge in [-0.3, -0.25) is 0 Å². The first-order valence-corrected chi connectivity index (χ1v) is 21.3. The van der Waals surface area contributed by atoms with Crippen molar-refractivity contribution in [3.05, 3.63) is 255 Å². The zero-order valence-corrected chi connectivity index (χ0v) is 34.1. The summed E-state index contributed by atoms with van der Waals surface area (Å²) < 4.78 is 2.38. The van der Waals surface area contributed by atoms with Crippen LogP contribution < -0.4 is 4.90 Å². The van der Waals surface area contributed by atoms with Gasteiger partial charge >= 0.3 is 0 Å². The highest BCUT2D eigenvalue weighted by Gasteiger charge is 2.17. The predicted molar refractivity (Wildman–Crippen MR) is 263 cm³/mol. The van der Waals surface area contributed by atoms with Gasteiger partial charge in [0.05, 0.1) is 11.0 Å². The number of benzene rings is 10. The Bertz CT molecular complexity index is 3140. The summed E-state index contributed by atoms with van der Waals surface area (Å²) in [4.78, 5) is 2.35. The summed E-state index contributed by atoms with van der Waals surface area (Å²) in [6.07, 6.45) is 0. The number of rotatable bonds is 9. The van der Waals surface area contributed by atoms with E-state index < -0.39 is 0 Å². The number of para-hydroxylation sites is 2. The lowest BCUT2D eigenvalue weighted by Gasteiger charge is -2.26. The third kappa shape index (κ3) is 6.94. The molecule has 0 atom stereocenters. The van der Waals surface area contributed by atoms with Crippen LogP contribution in [0.25, 0.3) is 83.1 Å². The van der Waals surface area contributed by atoms with Crippen molar-refractivity contribution in [2.75, 3.05) is 4.90 Å². The van der Waals surface area contributed by atoms with E-state index in [0.717, 1.165) is 28.3 Å². The van der Waals surface area contributed by atoms with Crippen LogP contribution in [-0.2, 0) is 0 Å². The monoisotopic (exact) mass is 790 g/mol. The van der Waals surface area contributed by atoms with E-state index in [9.17, 15) is 0 Å². The number of hydrogen-bond acceptors (Lipinski definition) is 1. The molecular formula is C60H42N2. The van der Waals surface area contributed by atoms with Crippen LogP contribution in [0.1, 0.15) is 0 Å². The Hall–Kier alpha value is -8.20. The van der Waals surface area contributed by atoms with Crippen LogP contribution in [0.3, 0.4) is 0 Å². The molecule has 11 aromatic rings. The molecule has 0 N–H and O–H groups in total. The smallest absolute Gasteiger partial charge is 0.0541 e. The number of nitrogens with zero attached hydrogens (tertiary/aromatic N) is 2. The van der Waals surface area contributed by atoms with E-state index in [-0.39, 0.29) is 0 Å². The maximum Gasteiger partial charge on any atom is 0.0541 e. The van der Waals surface area contributed by atoms with Crippen LogP contribution in [0.5, 0.6) is 0 Å². The highest BCUT2D eigenvalue weighted by molar-refractivity contribution is 6.09. The molecule has 0 saturated carbocycles. The molecule has 2 nitrogen and oxygen atoms in total. The van der Waals surface area contributed by atoms with Crippen molar-refractivity contribution in [1.29, 1.82) is 0 Å². The highest BCUT2D eigenvalue weighted by Crippen LogP contribution is 2.41. The largest absolute Gasteiger partial charge is 0.311 e. The molecule has 62 heavy (non-hydrogen) atoms. The van der Waals surface area contributed by atoms with Crippen molar-refractivity contribution in [3.63, 3.8) is 0 Å². The van der Waals surface area contributed by atoms with Crippen LogP contribution in [0.2, 0.25) is 0 Å². The Morgan fingerprint density at radius 1 is 0.242 bits per heavy atom. The molecule has 11 rings (SSSR count). The van der Waals surface area contributed by atoms with Crippen molar-refractivity contribution in [2.24, 2.45) is 0 Å². The predicted octanol–water partition coefficient (Wildman–Crippen LogP) is 16.6. The SMILES string of the molecule is c1ccc(-c2ccc(N(c3ccc(-c4ccccc4)cc3)c3ccc(-c4ccc(-c5ccccc5)cc4-c4ccc(-n5c6ccccc6c6ccccc65)cc4)cc3)cc2)cc1. The first-order chi connectivity index (χ1) is 30.7. The van der Waals surface area contributed by atoms with E-state index in [1.165, 1.54) is 71.9 Å². The van der Waals surface area contributed by atoms with Crippen molar-refractivity contribution >= 4 is 38.9 Å². The van der Waals surface area contributed by atoms with Gasteiger partial charge in [-0.2, -0.15) is 0 Å². The third-order valence-corrected chi connectivity index (χ3v) is 12.0. The Kier molecular flexibility index (Phi) is 9.57. The van der Waals surface area contributed by atoms with E-state index in [1.807, 2.05) is 0 Å². The first kappa shape index (κ1) is 36.8. The van der Waals surface area contributed by atoms with Gasteiger partial charge in [0.2, 0.25) is 0 Å². The standard InChI is InChI=1S/C60H42N2/c1-4-14-43(15-5-1)46-24-33-51(34-25-46)61(52-35-26-47(27-36-52)44-16-6-2-7-17-44)53-37-28-48(29-38-53)55-41-32-50(45-18-8-3-9-19-45)42-58(55)49-30-39-54(40-31-49)62-59-22-12-10-20-56(59)57-21-11-13-23-60(57)62/h1-42H. The fraction of sp³-hybridized carbons (Fsp3) is 0. The van der Waals surface area contributed by atoms with Crippen molar-refractivity contribution < 1.29 is 0 Å². The fourth-order valence-corrected chi connectivity index (χ4v) is 8.94. The molecule has 1 heterocycles. The molecule has 0 radical (unpaired) electrons. The van der Waals surface area contributed by atoms with Crippen LogP contribution in [0.15, 0.2) is 255 Å². The zero-order chi connectivity index (χ0) is 41.2. The van der Waals surface area contributed by atoms with Gasteiger partial charge in [0.25, 0.3) is 0 Å². The summed E-state index contributed by atoms with van der Waals surface area (Å²) in [5.74, 6) is 0. The van der Waals surface area contributed by atoms with E-state index in [1.54, 1.807) is 0 Å². The summed E-state index contributed by atoms with van der Waals surface area (Å²) in [6.45, 7) is 0. The molecule has 292 valence electrons. The highest BCUT2D eigenvalue weighted by atomic mass is 15.1. The minimum Gasteiger partial charge on any atom is -0.311 e. The molecule has 0 amide bonds. The van der Waals surface area contributed by atoms with Gasteiger partial charge in [0.1, 0.15) is 0 Å². The topological polar surface area (TPSA) is 8.17 Å². The number of aromatic nitrogens is 1. The Labute approximate surface area is 362 Å². The van der Waals surface area contributed by atoms with Crippen LogP contribution in [0, 0.1) is 0 Å². The second-order valence-electron chi connectivity index (χ2n) is 15.8. The van der Waals surface area contributed by atoms with Crippen molar-refractivity contribution in [3.8, 4) is 61.3 Å². The number of anilines is 3. The van der Waals surface area contributed by atoms with Gasteiger partial charge in [-0.25, -0.2) is 0 Å². The van der Waals surface area contributed by atoms with Crippen LogP contribution >= 0.6 is 0 Å². The number of hydrogen-bond donors (Lipinski definition) is 0. The van der Waals surface area contributed by atoms with Crippen molar-refractivity contribution in [1.82, 2.24) is 4.57 Å². The second kappa shape index (κ2) is 16.1. The maximum atomic E-state index is 2.38. The Morgan fingerprint density at radius 2 is 0.581 bits per heavy atom. The van der Waals surface area contributed by atoms with Gasteiger partial charge < -0.3 is 9.47 Å². The average Bonchev–Trinajstić information content (AvgIpc) is 3.70. The average molecular weight is 791 g/mol. The summed E-state index contributed by atoms with van der Waals surface area (Å²) in [5, 5.41) is 2.53. The molecular weight excluding hydrogens is 749 g/mol. The van der Waals surface area contributed by atoms with Gasteiger partial charge in [-0.1, -0.05) is 188 Å². The lowest BCUT2D eigenvalue weighted by Crippen LogP contribution is -2.09. The Balaban J connectivity index is 0.987. The molecule has 0 aliphatic heterocycles. The lowest BCUT2D eigenvalue weighted by atomic mass is 9.91. The third-order valence-electron chi connectivity index (χ3n) is 12.0. The summed E-state index contributed by atoms with van der Waals surface area (Å²) >= 11 is 0. The van der Waals surface area contributed by atoms with E-state index in [4.69, 9.17) is 0 Å². The van der Waals surface area contributed by atoms with Gasteiger partial charge in [-0.05, 0) is 122 Å². The number of fused-ring (bicyclic) bond motifs is 3. The molecule has 0 aliphatic rings. The molecule has 10 aromatic carbocycles. The van der Waals surface area contributed by atoms with Crippen LogP contribution in [-0.4, -0.2) is 4.57 Å². The molecule has 0 spiro atoms. The minimum atomic E-state index is 1.09. The van der Waals surface area contributed by atoms with Crippen LogP contribution in [0.4, 0.5) is 17.1 Å². The lowest BCUT2D eigenvalue weighted by molar-refractivity contribution is 1.18. The first-order valence-electron chi connectivity index (χ1n) is 21.3. The zero-order valence-electron chi connectivity index (χ0n) is 34.1. The Morgan fingerprint density at radius 3 is 1.05 bits per heavy atom. The quantitative estimate of drug-likeness (QED) is 0.141. The normalized spacial score (nSPS) is 11.2. The van der Waals surface area contributed by atoms with E-state index in [0.29, 0.717) is 0 Å². The molecule has 0 unspecified atom stereocenters. The molecule has 1 aromatic heterocycles. The van der Waals surface area contributed by atoms with Crippen molar-refractivity contribution in [2.45, 2.75) is 0 Å². The molecule has 0 saturated heterocycles. The van der Waals surface area contributed by atoms with Gasteiger partial charge in [0.15, 0.2) is 0 Å². The maximum absolute atomic E-state index is 2.38. The second-order valence-corrected chi connectivity index (χ2v) is 15.8. The molecule has 0 bridgehead atoms. The summed E-state index contributed by atoms with van der Waals surface area (Å²) in [6, 6.07) is 92.0. The molecule has 0 fully saturated rings. The van der Waals surface area contributed by atoms with E-state index in [2.05, 4.69) is 264 Å².